The fourth-order valence-electron chi connectivity index (χ4n) is 3.02. The third kappa shape index (κ3) is 5.24. The minimum atomic E-state index is -4.94. The van der Waals surface area contributed by atoms with E-state index in [1.165, 1.54) is 6.07 Å². The molecule has 29 heavy (non-hydrogen) atoms. The summed E-state index contributed by atoms with van der Waals surface area (Å²) in [7, 11) is 1.71. The van der Waals surface area contributed by atoms with Gasteiger partial charge in [-0.1, -0.05) is 26.0 Å². The van der Waals surface area contributed by atoms with Crippen LogP contribution < -0.4 is 5.32 Å². The second-order valence-corrected chi connectivity index (χ2v) is 9.29. The smallest absolute Gasteiger partial charge is 0.419 e. The number of carbonyl (C=O) groups excluding carboxylic acids is 1. The van der Waals surface area contributed by atoms with Crippen molar-refractivity contribution < 1.29 is 31.8 Å². The van der Waals surface area contributed by atoms with Gasteiger partial charge < -0.3 is 14.8 Å². The molecule has 9 heteroatoms. The average Bonchev–Trinajstić information content (AvgIpc) is 2.70. The van der Waals surface area contributed by atoms with Crippen molar-refractivity contribution in [2.75, 3.05) is 0 Å². The first kappa shape index (κ1) is 23.5. The molecule has 1 unspecified atom stereocenters. The molecule has 2 rings (SSSR count). The summed E-state index contributed by atoms with van der Waals surface area (Å²) in [5.74, 6) is -1.39. The number of alkyl halides is 3. The zero-order chi connectivity index (χ0) is 22.4. The Morgan fingerprint density at radius 1 is 1.21 bits per heavy atom. The fraction of sp³-hybridized carbons (Fsp3) is 0.650. The molecule has 1 aromatic rings. The zero-order valence-corrected chi connectivity index (χ0v) is 17.8. The van der Waals surface area contributed by atoms with Gasteiger partial charge in [0.1, 0.15) is 11.4 Å². The first-order valence-corrected chi connectivity index (χ1v) is 9.34. The summed E-state index contributed by atoms with van der Waals surface area (Å²) in [6, 6.07) is 1.53. The molecule has 1 saturated heterocycles. The van der Waals surface area contributed by atoms with Gasteiger partial charge in [0.15, 0.2) is 7.28 Å². The van der Waals surface area contributed by atoms with Gasteiger partial charge in [-0.3, -0.25) is 0 Å². The standard InChI is InChI=1S/C20H27BF4NO3/c1-17(2,3)29-16(27)26-10-11-8-9-12(14(22)13(11)20(23,24)25)15-21-18(4,5)19(6,7)28-15/h8-9,15H,10H2,1-7H3,(H,26,27). The Balaban J connectivity index is 2.35. The van der Waals surface area contributed by atoms with Crippen LogP contribution in [0.3, 0.4) is 0 Å². The largest absolute Gasteiger partial charge is 0.444 e. The monoisotopic (exact) mass is 416 g/mol. The number of hydrogen-bond acceptors (Lipinski definition) is 3. The van der Waals surface area contributed by atoms with Crippen molar-refractivity contribution in [2.45, 2.75) is 83.7 Å². The van der Waals surface area contributed by atoms with E-state index in [1.54, 1.807) is 28.1 Å². The number of benzene rings is 1. The quantitative estimate of drug-likeness (QED) is 0.517. The van der Waals surface area contributed by atoms with Crippen LogP contribution in [0.1, 0.15) is 71.2 Å². The molecular weight excluding hydrogens is 389 g/mol. The van der Waals surface area contributed by atoms with E-state index in [4.69, 9.17) is 9.47 Å². The van der Waals surface area contributed by atoms with Crippen molar-refractivity contribution in [2.24, 2.45) is 0 Å². The SMILES string of the molecule is CC(C)(C)OC(=O)NCc1ccc(C2[B]C(C)(C)C(C)(C)O2)c(F)c1C(F)(F)F. The van der Waals surface area contributed by atoms with Gasteiger partial charge in [-0.2, -0.15) is 13.2 Å². The van der Waals surface area contributed by atoms with E-state index in [9.17, 15) is 18.0 Å². The second-order valence-electron chi connectivity index (χ2n) is 9.29. The minimum Gasteiger partial charge on any atom is -0.444 e. The van der Waals surface area contributed by atoms with Gasteiger partial charge >= 0.3 is 12.3 Å². The lowest BCUT2D eigenvalue weighted by Gasteiger charge is -2.33. The van der Waals surface area contributed by atoms with Gasteiger partial charge in [0.05, 0.1) is 17.2 Å². The molecule has 1 aromatic carbocycles. The van der Waals surface area contributed by atoms with E-state index in [0.717, 1.165) is 6.07 Å². The first-order chi connectivity index (χ1) is 12.9. The first-order valence-electron chi connectivity index (χ1n) is 9.34. The zero-order valence-electron chi connectivity index (χ0n) is 17.8. The van der Waals surface area contributed by atoms with Crippen molar-refractivity contribution in [1.29, 1.82) is 0 Å². The van der Waals surface area contributed by atoms with Crippen LogP contribution >= 0.6 is 0 Å². The lowest BCUT2D eigenvalue weighted by atomic mass is 9.47. The molecule has 1 aliphatic heterocycles. The minimum absolute atomic E-state index is 0.183. The van der Waals surface area contributed by atoms with Crippen LogP contribution in [0.25, 0.3) is 0 Å². The van der Waals surface area contributed by atoms with Crippen LogP contribution in [0.4, 0.5) is 22.4 Å². The number of nitrogens with one attached hydrogen (secondary N) is 1. The van der Waals surface area contributed by atoms with Crippen molar-refractivity contribution in [3.05, 3.63) is 34.6 Å². The molecule has 0 spiro atoms. The van der Waals surface area contributed by atoms with E-state index in [0.29, 0.717) is 0 Å². The number of ether oxygens (including phenoxy) is 2. The lowest BCUT2D eigenvalue weighted by Crippen LogP contribution is -2.32. The highest BCUT2D eigenvalue weighted by atomic mass is 19.4. The lowest BCUT2D eigenvalue weighted by molar-refractivity contribution is -0.140. The summed E-state index contributed by atoms with van der Waals surface area (Å²) >= 11 is 0. The van der Waals surface area contributed by atoms with Crippen LogP contribution in [0.2, 0.25) is 5.31 Å². The molecule has 161 valence electrons. The van der Waals surface area contributed by atoms with E-state index < -0.39 is 52.7 Å². The molecule has 1 fully saturated rings. The molecule has 0 bridgehead atoms. The van der Waals surface area contributed by atoms with Crippen molar-refractivity contribution in [1.82, 2.24) is 5.32 Å². The van der Waals surface area contributed by atoms with Crippen LogP contribution in [0, 0.1) is 5.82 Å². The molecule has 0 saturated carbocycles. The molecule has 0 aliphatic carbocycles. The predicted octanol–water partition coefficient (Wildman–Crippen LogP) is 5.58. The highest BCUT2D eigenvalue weighted by molar-refractivity contribution is 6.43. The van der Waals surface area contributed by atoms with Crippen LogP contribution in [-0.4, -0.2) is 24.6 Å². The summed E-state index contributed by atoms with van der Waals surface area (Å²) in [4.78, 5) is 11.8. The van der Waals surface area contributed by atoms with Crippen molar-refractivity contribution >= 4 is 13.4 Å². The Morgan fingerprint density at radius 2 is 1.79 bits per heavy atom. The third-order valence-electron chi connectivity index (χ3n) is 5.21. The Morgan fingerprint density at radius 3 is 2.24 bits per heavy atom. The Labute approximate surface area is 169 Å². The number of halogens is 4. The molecule has 0 aromatic heterocycles. The Kier molecular flexibility index (Phi) is 6.07. The number of carbonyl (C=O) groups is 1. The van der Waals surface area contributed by atoms with Gasteiger partial charge in [0, 0.05) is 12.1 Å². The predicted molar refractivity (Wildman–Crippen MR) is 102 cm³/mol. The summed E-state index contributed by atoms with van der Waals surface area (Å²) < 4.78 is 66.8. The number of hydrogen-bond donors (Lipinski definition) is 1. The number of rotatable bonds is 3. The van der Waals surface area contributed by atoms with E-state index in [2.05, 4.69) is 5.32 Å². The van der Waals surface area contributed by atoms with Gasteiger partial charge in [0.25, 0.3) is 0 Å². The van der Waals surface area contributed by atoms with Crippen LogP contribution in [-0.2, 0) is 22.2 Å². The number of alkyl carbamates (subject to hydrolysis) is 1. The Hall–Kier alpha value is -1.77. The van der Waals surface area contributed by atoms with Crippen LogP contribution in [0.15, 0.2) is 12.1 Å². The topological polar surface area (TPSA) is 47.6 Å². The maximum atomic E-state index is 15.0. The molecule has 1 heterocycles. The summed E-state index contributed by atoms with van der Waals surface area (Å²) in [6.07, 6.45) is -5.82. The second kappa shape index (κ2) is 7.49. The fourth-order valence-corrected chi connectivity index (χ4v) is 3.02. The van der Waals surface area contributed by atoms with Crippen molar-refractivity contribution in [3.8, 4) is 0 Å². The summed E-state index contributed by atoms with van der Waals surface area (Å²) in [6.45, 7) is 11.8. The van der Waals surface area contributed by atoms with Gasteiger partial charge in [0.2, 0.25) is 0 Å². The van der Waals surface area contributed by atoms with E-state index in [1.807, 2.05) is 27.7 Å². The molecular formula is C20H27BF4NO3. The normalized spacial score (nSPS) is 20.9. The van der Waals surface area contributed by atoms with Gasteiger partial charge in [-0.25, -0.2) is 9.18 Å². The molecule has 1 N–H and O–H groups in total. The molecule has 4 nitrogen and oxygen atoms in total. The molecule has 1 radical (unpaired) electrons. The van der Waals surface area contributed by atoms with E-state index in [-0.39, 0.29) is 11.1 Å². The maximum Gasteiger partial charge on any atom is 0.419 e. The summed E-state index contributed by atoms with van der Waals surface area (Å²) in [5, 5.41) is 1.78. The average molecular weight is 416 g/mol. The van der Waals surface area contributed by atoms with Crippen molar-refractivity contribution in [3.63, 3.8) is 0 Å². The highest BCUT2D eigenvalue weighted by Gasteiger charge is 2.50. The molecule has 1 aliphatic rings. The molecule has 1 amide bonds. The number of amides is 1. The molecule has 1 atom stereocenters. The maximum absolute atomic E-state index is 15.0. The van der Waals surface area contributed by atoms with Gasteiger partial charge in [-0.15, -0.1) is 0 Å². The van der Waals surface area contributed by atoms with Gasteiger partial charge in [-0.05, 0) is 45.5 Å². The third-order valence-corrected chi connectivity index (χ3v) is 5.21. The highest BCUT2D eigenvalue weighted by Crippen LogP contribution is 2.52. The Bertz CT molecular complexity index is 769. The van der Waals surface area contributed by atoms with E-state index >= 15 is 4.39 Å². The van der Waals surface area contributed by atoms with Crippen LogP contribution in [0.5, 0.6) is 0 Å². The summed E-state index contributed by atoms with van der Waals surface area (Å²) in [5.41, 5.74) is -3.45.